The molecule has 5 aliphatic rings. The Balaban J connectivity index is 0.000000108. The summed E-state index contributed by atoms with van der Waals surface area (Å²) in [4.78, 5) is 10.5. The van der Waals surface area contributed by atoms with Crippen molar-refractivity contribution in [3.8, 4) is 78.3 Å². The van der Waals surface area contributed by atoms with Crippen molar-refractivity contribution in [3.05, 3.63) is 383 Å². The van der Waals surface area contributed by atoms with Gasteiger partial charge in [-0.2, -0.15) is 0 Å². The molecule has 0 amide bonds. The van der Waals surface area contributed by atoms with Crippen molar-refractivity contribution in [2.75, 3.05) is 0 Å². The lowest BCUT2D eigenvalue weighted by atomic mass is 9.68. The predicted molar refractivity (Wildman–Crippen MR) is 439 cm³/mol. The topological polar surface area (TPSA) is 65.2 Å². The molecule has 5 nitrogen and oxygen atoms in total. The van der Waals surface area contributed by atoms with Crippen LogP contribution in [-0.4, -0.2) is 9.97 Å². The Hall–Kier alpha value is -13.7. The SMILES string of the molecule is c1ccc(-c2nc(-c3ccc4c(c3)-c3c(ccc5c3C3(c6ccccc6-c6ccccc63)c3ccc6ccccc6c3-5)C4)nc3c2oc2ccccc23)cc1.c1ccc2c(c1)Cc1c-2c2oc3cc4ccccc4cc3c2c2ccccc12.c1ccc2c3c(ccc2c1)-c1c(ccc2oc4ccccc4c12)C3. The van der Waals surface area contributed by atoms with Gasteiger partial charge in [0.25, 0.3) is 0 Å². The molecule has 0 unspecified atom stereocenters. The van der Waals surface area contributed by atoms with Crippen molar-refractivity contribution in [1.29, 1.82) is 0 Å². The van der Waals surface area contributed by atoms with Crippen molar-refractivity contribution in [1.82, 2.24) is 9.97 Å². The second-order valence-corrected chi connectivity index (χ2v) is 29.5. The third-order valence-electron chi connectivity index (χ3n) is 24.1. The van der Waals surface area contributed by atoms with E-state index in [0.717, 1.165) is 74.9 Å². The van der Waals surface area contributed by atoms with E-state index >= 15 is 0 Å². The van der Waals surface area contributed by atoms with Crippen molar-refractivity contribution in [2.24, 2.45) is 0 Å². The van der Waals surface area contributed by atoms with Crippen LogP contribution >= 0.6 is 0 Å². The van der Waals surface area contributed by atoms with Gasteiger partial charge >= 0.3 is 0 Å². The molecule has 21 aromatic rings. The van der Waals surface area contributed by atoms with E-state index in [4.69, 9.17) is 23.2 Å². The predicted octanol–water partition coefficient (Wildman–Crippen LogP) is 26.6. The standard InChI is InChI=1S/C52H30N2O.C27H16O.C23H14O/c1-2-13-31(14-3-1)48-50-49(38-18-8-11-21-44(38)55-50)54-51(53-48)34-23-22-32-28-33-24-26-39-46-35-15-5-4-12-30(35)25-27-43(46)52(47(39)45(33)40(32)29-34)41-19-9-6-16-36(41)37-17-7-10-20-42(37)52;1-2-8-17-15-24-23(13-16(17)7-1)26-21-12-6-5-11-20(21)22-14-18-9-3-4-10-19(18)25(22)27(26)28-24;1-2-6-16-14(5-1)9-11-17-19(16)13-15-10-12-21-23(22(15)17)18-7-3-4-8-20(18)24-21/h1-27,29H,28H2;1-13,15H,14H2;1-12H,13H2. The van der Waals surface area contributed by atoms with Gasteiger partial charge in [-0.05, 0) is 211 Å². The number of fused-ring (bicyclic) bond motifs is 39. The lowest BCUT2D eigenvalue weighted by Crippen LogP contribution is -2.26. The van der Waals surface area contributed by atoms with Crippen LogP contribution in [0, 0.1) is 0 Å². The van der Waals surface area contributed by atoms with E-state index in [1.807, 2.05) is 30.3 Å². The van der Waals surface area contributed by atoms with E-state index < -0.39 is 5.41 Å². The lowest BCUT2D eigenvalue weighted by Gasteiger charge is -2.32. The van der Waals surface area contributed by atoms with Crippen molar-refractivity contribution in [3.63, 3.8) is 0 Å². The molecular weight excluding hydrogens is 1300 g/mol. The molecule has 1 spiro atoms. The fraction of sp³-hybridized carbons (Fsp3) is 0.0392. The Morgan fingerprint density at radius 3 is 1.64 bits per heavy atom. The van der Waals surface area contributed by atoms with Gasteiger partial charge in [0.1, 0.15) is 39.1 Å². The Labute approximate surface area is 614 Å². The van der Waals surface area contributed by atoms with Crippen LogP contribution in [0.15, 0.2) is 341 Å². The molecule has 496 valence electrons. The third-order valence-corrected chi connectivity index (χ3v) is 24.1. The first-order valence-electron chi connectivity index (χ1n) is 37.1. The second-order valence-electron chi connectivity index (χ2n) is 29.5. The first-order chi connectivity index (χ1) is 53.1. The average molecular weight is 1360 g/mol. The summed E-state index contributed by atoms with van der Waals surface area (Å²) in [5.41, 5.74) is 35.7. The Morgan fingerprint density at radius 2 is 0.841 bits per heavy atom. The summed E-state index contributed by atoms with van der Waals surface area (Å²) in [5.74, 6) is 0.697. The average Bonchev–Trinajstić information content (AvgIpc) is 1.49. The number of nitrogens with zero attached hydrogens (tertiary/aromatic N) is 2. The zero-order chi connectivity index (χ0) is 69.7. The van der Waals surface area contributed by atoms with E-state index in [1.54, 1.807) is 0 Å². The van der Waals surface area contributed by atoms with Crippen LogP contribution in [0.25, 0.3) is 187 Å². The fourth-order valence-corrected chi connectivity index (χ4v) is 19.6. The fourth-order valence-electron chi connectivity index (χ4n) is 19.6. The van der Waals surface area contributed by atoms with Crippen LogP contribution in [0.5, 0.6) is 0 Å². The first-order valence-corrected chi connectivity index (χ1v) is 37.1. The van der Waals surface area contributed by atoms with Crippen LogP contribution in [0.1, 0.15) is 55.6 Å². The molecule has 0 radical (unpaired) electrons. The van der Waals surface area contributed by atoms with Crippen LogP contribution in [0.2, 0.25) is 0 Å². The van der Waals surface area contributed by atoms with Crippen molar-refractivity contribution >= 4 is 109 Å². The van der Waals surface area contributed by atoms with E-state index in [2.05, 4.69) is 297 Å². The maximum absolute atomic E-state index is 6.57. The lowest BCUT2D eigenvalue weighted by molar-refractivity contribution is 0.667. The van der Waals surface area contributed by atoms with Gasteiger partial charge in [0.05, 0.1) is 5.41 Å². The minimum atomic E-state index is -0.462. The number of hydrogen-bond acceptors (Lipinski definition) is 5. The van der Waals surface area contributed by atoms with E-state index in [1.165, 1.54) is 176 Å². The monoisotopic (exact) mass is 1360 g/mol. The van der Waals surface area contributed by atoms with Gasteiger partial charge in [-0.1, -0.05) is 285 Å². The Kier molecular flexibility index (Phi) is 12.2. The normalized spacial score (nSPS) is 13.4. The number of para-hydroxylation sites is 2. The molecular formula is C102H60N2O3. The molecule has 4 aromatic heterocycles. The molecule has 17 aromatic carbocycles. The summed E-state index contributed by atoms with van der Waals surface area (Å²) in [6.45, 7) is 0. The molecule has 5 aliphatic carbocycles. The zero-order valence-corrected chi connectivity index (χ0v) is 57.9. The van der Waals surface area contributed by atoms with E-state index in [0.29, 0.717) is 11.4 Å². The number of hydrogen-bond donors (Lipinski definition) is 0. The van der Waals surface area contributed by atoms with Gasteiger partial charge in [-0.25, -0.2) is 9.97 Å². The molecule has 0 N–H and O–H groups in total. The number of rotatable bonds is 2. The highest BCUT2D eigenvalue weighted by molar-refractivity contribution is 6.26. The summed E-state index contributed by atoms with van der Waals surface area (Å²) in [7, 11) is 0. The molecule has 26 rings (SSSR count). The highest BCUT2D eigenvalue weighted by atomic mass is 16.3. The van der Waals surface area contributed by atoms with Crippen molar-refractivity contribution < 1.29 is 13.3 Å². The van der Waals surface area contributed by atoms with Crippen molar-refractivity contribution in [2.45, 2.75) is 24.7 Å². The van der Waals surface area contributed by atoms with E-state index in [9.17, 15) is 0 Å². The summed E-state index contributed by atoms with van der Waals surface area (Å²) in [5, 5.41) is 16.3. The molecule has 0 atom stereocenters. The maximum atomic E-state index is 6.57. The molecule has 0 bridgehead atoms. The van der Waals surface area contributed by atoms with Gasteiger partial charge < -0.3 is 13.3 Å². The first kappa shape index (κ1) is 58.7. The smallest absolute Gasteiger partial charge is 0.180 e. The van der Waals surface area contributed by atoms with Gasteiger partial charge in [0.15, 0.2) is 11.4 Å². The van der Waals surface area contributed by atoms with Crippen LogP contribution in [-0.2, 0) is 24.7 Å². The summed E-state index contributed by atoms with van der Waals surface area (Å²) in [6, 6.07) is 118. The summed E-state index contributed by atoms with van der Waals surface area (Å²) in [6.07, 6.45) is 2.86. The van der Waals surface area contributed by atoms with Gasteiger partial charge in [0, 0.05) is 43.6 Å². The highest BCUT2D eigenvalue weighted by Crippen LogP contribution is 2.67. The molecule has 0 saturated carbocycles. The van der Waals surface area contributed by atoms with Crippen LogP contribution < -0.4 is 0 Å². The third kappa shape index (κ3) is 8.23. The van der Waals surface area contributed by atoms with Gasteiger partial charge in [0.2, 0.25) is 0 Å². The summed E-state index contributed by atoms with van der Waals surface area (Å²) < 4.78 is 19.1. The van der Waals surface area contributed by atoms with Gasteiger partial charge in [-0.3, -0.25) is 0 Å². The van der Waals surface area contributed by atoms with Gasteiger partial charge in [-0.15, -0.1) is 0 Å². The summed E-state index contributed by atoms with van der Waals surface area (Å²) >= 11 is 0. The molecule has 5 heteroatoms. The Bertz CT molecular complexity index is 7450. The highest BCUT2D eigenvalue weighted by Gasteiger charge is 2.54. The number of furan rings is 3. The maximum Gasteiger partial charge on any atom is 0.180 e. The van der Waals surface area contributed by atoms with E-state index in [-0.39, 0.29) is 0 Å². The molecule has 0 aliphatic heterocycles. The Morgan fingerprint density at radius 1 is 0.262 bits per heavy atom. The van der Waals surface area contributed by atoms with Crippen LogP contribution in [0.4, 0.5) is 0 Å². The number of benzene rings is 17. The second kappa shape index (κ2) is 22.1. The molecule has 107 heavy (non-hydrogen) atoms. The number of aromatic nitrogens is 2. The molecule has 0 fully saturated rings. The van der Waals surface area contributed by atoms with Crippen LogP contribution in [0.3, 0.4) is 0 Å². The molecule has 0 saturated heterocycles. The molecule has 4 heterocycles. The zero-order valence-electron chi connectivity index (χ0n) is 57.9. The largest absolute Gasteiger partial charge is 0.456 e. The quantitative estimate of drug-likeness (QED) is 0.173. The minimum absolute atomic E-state index is 0.462. The minimum Gasteiger partial charge on any atom is -0.456 e.